The van der Waals surface area contributed by atoms with E-state index in [-0.39, 0.29) is 18.1 Å². The maximum atomic E-state index is 12.1. The summed E-state index contributed by atoms with van der Waals surface area (Å²) in [5, 5.41) is 12.8. The highest BCUT2D eigenvalue weighted by atomic mass is 32.1. The van der Waals surface area contributed by atoms with Crippen molar-refractivity contribution in [1.82, 2.24) is 9.88 Å². The Balaban J connectivity index is 1.62. The summed E-state index contributed by atoms with van der Waals surface area (Å²) in [6.45, 7) is 5.16. The normalized spacial score (nSPS) is 14.6. The molecule has 0 spiro atoms. The molecule has 0 bridgehead atoms. The number of hydrogen-bond acceptors (Lipinski definition) is 5. The van der Waals surface area contributed by atoms with Gasteiger partial charge in [0.2, 0.25) is 5.91 Å². The maximum absolute atomic E-state index is 12.1. The van der Waals surface area contributed by atoms with Crippen LogP contribution in [0.15, 0.2) is 24.3 Å². The lowest BCUT2D eigenvalue weighted by Gasteiger charge is -2.23. The Morgan fingerprint density at radius 3 is 2.91 bits per heavy atom. The van der Waals surface area contributed by atoms with Crippen LogP contribution in [0.1, 0.15) is 23.1 Å². The average Bonchev–Trinajstić information content (AvgIpc) is 2.90. The summed E-state index contributed by atoms with van der Waals surface area (Å²) in [4.78, 5) is 20.3. The van der Waals surface area contributed by atoms with Crippen LogP contribution in [0.3, 0.4) is 0 Å². The Bertz CT molecular complexity index is 667. The molecule has 0 aliphatic carbocycles. The summed E-state index contributed by atoms with van der Waals surface area (Å²) in [6.07, 6.45) is 1.24. The Kier molecular flexibility index (Phi) is 4.40. The minimum atomic E-state index is -0.0795. The molecule has 116 valence electrons. The molecule has 1 aromatic heterocycles. The molecule has 1 amide bonds. The molecule has 0 atom stereocenters. The molecule has 1 aliphatic heterocycles. The molecule has 1 aliphatic rings. The second-order valence-electron chi connectivity index (χ2n) is 5.40. The van der Waals surface area contributed by atoms with E-state index in [0.29, 0.717) is 5.13 Å². The van der Waals surface area contributed by atoms with Gasteiger partial charge < -0.3 is 10.4 Å². The van der Waals surface area contributed by atoms with Gasteiger partial charge in [-0.25, -0.2) is 4.98 Å². The Morgan fingerprint density at radius 1 is 1.41 bits per heavy atom. The molecule has 0 radical (unpaired) electrons. The predicted octanol–water partition coefficient (Wildman–Crippen LogP) is 2.41. The number of nitrogens with one attached hydrogen (secondary N) is 1. The Hall–Kier alpha value is -1.92. The topological polar surface area (TPSA) is 65.5 Å². The van der Waals surface area contributed by atoms with Gasteiger partial charge in [0.1, 0.15) is 5.75 Å². The van der Waals surface area contributed by atoms with E-state index >= 15 is 0 Å². The molecular formula is C16H19N3O2S. The first kappa shape index (κ1) is 15.0. The van der Waals surface area contributed by atoms with Gasteiger partial charge in [0.25, 0.3) is 0 Å². The summed E-state index contributed by atoms with van der Waals surface area (Å²) < 4.78 is 0. The molecule has 2 aromatic rings. The second kappa shape index (κ2) is 6.46. The molecule has 22 heavy (non-hydrogen) atoms. The van der Waals surface area contributed by atoms with Crippen molar-refractivity contribution in [3.05, 3.63) is 40.4 Å². The number of anilines is 1. The number of carbonyl (C=O) groups excluding carboxylic acids is 1. The number of thiazole rings is 1. The van der Waals surface area contributed by atoms with Crippen LogP contribution in [0.5, 0.6) is 5.75 Å². The number of rotatable bonds is 4. The summed E-state index contributed by atoms with van der Waals surface area (Å²) in [5.74, 6) is 0.126. The lowest BCUT2D eigenvalue weighted by Crippen LogP contribution is -2.29. The lowest BCUT2D eigenvalue weighted by molar-refractivity contribution is -0.115. The molecule has 0 unspecified atom stereocenters. The minimum absolute atomic E-state index is 0.0795. The smallest absolute Gasteiger partial charge is 0.230 e. The molecule has 1 aromatic carbocycles. The molecule has 5 nitrogen and oxygen atoms in total. The largest absolute Gasteiger partial charge is 0.508 e. The first-order valence-corrected chi connectivity index (χ1v) is 8.24. The van der Waals surface area contributed by atoms with Crippen LogP contribution in [0.4, 0.5) is 5.13 Å². The summed E-state index contributed by atoms with van der Waals surface area (Å²) in [7, 11) is 0. The van der Waals surface area contributed by atoms with Gasteiger partial charge in [0, 0.05) is 24.4 Å². The van der Waals surface area contributed by atoms with Crippen molar-refractivity contribution < 1.29 is 9.90 Å². The monoisotopic (exact) mass is 317 g/mol. The summed E-state index contributed by atoms with van der Waals surface area (Å²) in [6, 6.07) is 6.68. The number of hydrogen-bond donors (Lipinski definition) is 2. The number of phenolic OH excluding ortho intramolecular Hbond substituents is 1. The molecule has 0 saturated heterocycles. The Labute approximate surface area is 133 Å². The fraction of sp³-hybridized carbons (Fsp3) is 0.375. The first-order valence-electron chi connectivity index (χ1n) is 7.42. The van der Waals surface area contributed by atoms with Gasteiger partial charge in [-0.05, 0) is 24.2 Å². The van der Waals surface area contributed by atoms with E-state index in [1.165, 1.54) is 4.88 Å². The van der Waals surface area contributed by atoms with E-state index in [4.69, 9.17) is 0 Å². The molecular weight excluding hydrogens is 298 g/mol. The van der Waals surface area contributed by atoms with Gasteiger partial charge in [-0.1, -0.05) is 19.1 Å². The van der Waals surface area contributed by atoms with Crippen LogP contribution < -0.4 is 5.32 Å². The quantitative estimate of drug-likeness (QED) is 0.909. The number of benzene rings is 1. The zero-order chi connectivity index (χ0) is 15.5. The van der Waals surface area contributed by atoms with Crippen LogP contribution in [0.25, 0.3) is 0 Å². The van der Waals surface area contributed by atoms with E-state index in [2.05, 4.69) is 22.1 Å². The van der Waals surface area contributed by atoms with Crippen LogP contribution >= 0.6 is 11.3 Å². The minimum Gasteiger partial charge on any atom is -0.508 e. The highest BCUT2D eigenvalue weighted by Crippen LogP contribution is 2.28. The van der Waals surface area contributed by atoms with Gasteiger partial charge in [-0.15, -0.1) is 11.3 Å². The predicted molar refractivity (Wildman–Crippen MR) is 87.2 cm³/mol. The number of aromatic hydroxyl groups is 1. The third kappa shape index (κ3) is 3.45. The van der Waals surface area contributed by atoms with Gasteiger partial charge in [0.15, 0.2) is 5.13 Å². The van der Waals surface area contributed by atoms with Crippen molar-refractivity contribution >= 4 is 22.4 Å². The highest BCUT2D eigenvalue weighted by Gasteiger charge is 2.20. The third-order valence-corrected chi connectivity index (χ3v) is 4.80. The van der Waals surface area contributed by atoms with Crippen molar-refractivity contribution in [3.63, 3.8) is 0 Å². The van der Waals surface area contributed by atoms with E-state index in [0.717, 1.165) is 37.3 Å². The van der Waals surface area contributed by atoms with Crippen LogP contribution in [-0.2, 0) is 24.2 Å². The number of fused-ring (bicyclic) bond motifs is 1. The number of phenols is 1. The molecule has 0 fully saturated rings. The molecule has 0 saturated carbocycles. The van der Waals surface area contributed by atoms with E-state index in [9.17, 15) is 9.90 Å². The SMILES string of the molecule is CCN1CCc2nc(NC(=O)Cc3ccc(O)cc3)sc2C1. The van der Waals surface area contributed by atoms with Gasteiger partial charge in [0.05, 0.1) is 12.1 Å². The fourth-order valence-corrected chi connectivity index (χ4v) is 3.60. The zero-order valence-electron chi connectivity index (χ0n) is 12.5. The van der Waals surface area contributed by atoms with Crippen molar-refractivity contribution in [2.75, 3.05) is 18.4 Å². The van der Waals surface area contributed by atoms with Crippen molar-refractivity contribution in [1.29, 1.82) is 0 Å². The average molecular weight is 317 g/mol. The zero-order valence-corrected chi connectivity index (χ0v) is 13.3. The maximum Gasteiger partial charge on any atom is 0.230 e. The number of likely N-dealkylation sites (N-methyl/N-ethyl adjacent to an activating group) is 1. The van der Waals surface area contributed by atoms with Crippen LogP contribution in [-0.4, -0.2) is 34.0 Å². The lowest BCUT2D eigenvalue weighted by atomic mass is 10.1. The van der Waals surface area contributed by atoms with Gasteiger partial charge in [-0.2, -0.15) is 0 Å². The van der Waals surface area contributed by atoms with Gasteiger partial charge >= 0.3 is 0 Å². The number of carbonyl (C=O) groups is 1. The molecule has 2 N–H and O–H groups in total. The van der Waals surface area contributed by atoms with Gasteiger partial charge in [-0.3, -0.25) is 9.69 Å². The number of nitrogens with zero attached hydrogens (tertiary/aromatic N) is 2. The van der Waals surface area contributed by atoms with E-state index < -0.39 is 0 Å². The second-order valence-corrected chi connectivity index (χ2v) is 6.48. The first-order chi connectivity index (χ1) is 10.6. The van der Waals surface area contributed by atoms with Crippen molar-refractivity contribution in [2.24, 2.45) is 0 Å². The highest BCUT2D eigenvalue weighted by molar-refractivity contribution is 7.15. The van der Waals surface area contributed by atoms with E-state index in [1.807, 2.05) is 0 Å². The standard InChI is InChI=1S/C16H19N3O2S/c1-2-19-8-7-13-14(10-19)22-16(17-13)18-15(21)9-11-3-5-12(20)6-4-11/h3-6,20H,2,7-10H2,1H3,(H,17,18,21). The summed E-state index contributed by atoms with van der Waals surface area (Å²) >= 11 is 1.57. The van der Waals surface area contributed by atoms with E-state index in [1.54, 1.807) is 35.6 Å². The van der Waals surface area contributed by atoms with Crippen LogP contribution in [0.2, 0.25) is 0 Å². The fourth-order valence-electron chi connectivity index (χ4n) is 2.53. The molecule has 6 heteroatoms. The Morgan fingerprint density at radius 2 is 2.18 bits per heavy atom. The third-order valence-electron chi connectivity index (χ3n) is 3.80. The molecule has 2 heterocycles. The van der Waals surface area contributed by atoms with Crippen molar-refractivity contribution in [2.45, 2.75) is 26.3 Å². The number of aromatic nitrogens is 1. The molecule has 3 rings (SSSR count). The van der Waals surface area contributed by atoms with Crippen LogP contribution in [0, 0.1) is 0 Å². The van der Waals surface area contributed by atoms with Crippen molar-refractivity contribution in [3.8, 4) is 5.75 Å². The number of amides is 1. The summed E-state index contributed by atoms with van der Waals surface area (Å²) in [5.41, 5.74) is 1.99.